The second-order valence-corrected chi connectivity index (χ2v) is 4.96. The van der Waals surface area contributed by atoms with Crippen LogP contribution >= 0.6 is 0 Å². The van der Waals surface area contributed by atoms with Crippen LogP contribution in [0.4, 0.5) is 0 Å². The Bertz CT molecular complexity index is 874. The minimum Gasteiger partial charge on any atom is -0.336 e. The van der Waals surface area contributed by atoms with E-state index < -0.39 is 11.2 Å². The minimum absolute atomic E-state index is 0.356. The third-order valence-corrected chi connectivity index (χ3v) is 3.34. The van der Waals surface area contributed by atoms with E-state index in [4.69, 9.17) is 0 Å². The van der Waals surface area contributed by atoms with E-state index in [0.29, 0.717) is 30.0 Å². The molecule has 0 unspecified atom stereocenters. The number of aromatic nitrogens is 4. The van der Waals surface area contributed by atoms with Crippen LogP contribution in [0.25, 0.3) is 11.2 Å². The minimum atomic E-state index is -0.422. The summed E-state index contributed by atoms with van der Waals surface area (Å²) in [6, 6.07) is 9.86. The highest BCUT2D eigenvalue weighted by atomic mass is 16.2. The van der Waals surface area contributed by atoms with E-state index in [9.17, 15) is 9.59 Å². The van der Waals surface area contributed by atoms with Crippen molar-refractivity contribution in [2.45, 2.75) is 26.3 Å². The summed E-state index contributed by atoms with van der Waals surface area (Å²) in [6.45, 7) is 2.50. The number of hydrogen-bond donors (Lipinski definition) is 2. The molecule has 0 atom stereocenters. The zero-order valence-corrected chi connectivity index (χ0v) is 11.7. The van der Waals surface area contributed by atoms with Crippen molar-refractivity contribution in [3.05, 3.63) is 62.6 Å². The molecule has 6 nitrogen and oxygen atoms in total. The Morgan fingerprint density at radius 2 is 1.90 bits per heavy atom. The molecule has 0 aliphatic carbocycles. The van der Waals surface area contributed by atoms with E-state index in [-0.39, 0.29) is 0 Å². The van der Waals surface area contributed by atoms with E-state index in [1.165, 1.54) is 4.57 Å². The van der Waals surface area contributed by atoms with Gasteiger partial charge in [0.1, 0.15) is 11.3 Å². The molecule has 21 heavy (non-hydrogen) atoms. The van der Waals surface area contributed by atoms with Crippen molar-refractivity contribution in [1.29, 1.82) is 0 Å². The van der Waals surface area contributed by atoms with Gasteiger partial charge in [-0.2, -0.15) is 0 Å². The average Bonchev–Trinajstić information content (AvgIpc) is 2.89. The number of nitrogens with zero attached hydrogens (tertiary/aromatic N) is 2. The largest absolute Gasteiger partial charge is 0.336 e. The van der Waals surface area contributed by atoms with Crippen molar-refractivity contribution >= 4 is 11.2 Å². The number of nitrogens with one attached hydrogen (secondary N) is 2. The Labute approximate surface area is 120 Å². The van der Waals surface area contributed by atoms with Crippen molar-refractivity contribution in [3.63, 3.8) is 0 Å². The van der Waals surface area contributed by atoms with Crippen LogP contribution in [0.3, 0.4) is 0 Å². The molecular weight excluding hydrogens is 268 g/mol. The van der Waals surface area contributed by atoms with Crippen LogP contribution in [0.1, 0.15) is 24.7 Å². The van der Waals surface area contributed by atoms with E-state index in [0.717, 1.165) is 12.0 Å². The summed E-state index contributed by atoms with van der Waals surface area (Å²) in [5.74, 6) is 0.678. The molecule has 0 spiro atoms. The zero-order chi connectivity index (χ0) is 14.8. The standard InChI is InChI=1S/C15H16N4O2/c1-2-8-19-13-12(14(20)18-15(19)21)16-11(17-13)9-10-6-4-3-5-7-10/h3-7H,2,8-9H2,1H3,(H,16,17)(H,18,20,21). The third-order valence-electron chi connectivity index (χ3n) is 3.34. The molecule has 0 aliphatic heterocycles. The Kier molecular flexibility index (Phi) is 3.43. The molecule has 108 valence electrons. The monoisotopic (exact) mass is 284 g/mol. The molecule has 0 fully saturated rings. The highest BCUT2D eigenvalue weighted by Crippen LogP contribution is 2.10. The number of imidazole rings is 1. The maximum atomic E-state index is 11.9. The lowest BCUT2D eigenvalue weighted by atomic mass is 10.1. The van der Waals surface area contributed by atoms with E-state index in [1.807, 2.05) is 37.3 Å². The first-order valence-electron chi connectivity index (χ1n) is 6.94. The molecule has 3 rings (SSSR count). The fraction of sp³-hybridized carbons (Fsp3) is 0.267. The molecule has 0 saturated carbocycles. The Morgan fingerprint density at radius 1 is 1.14 bits per heavy atom. The SMILES string of the molecule is CCCn1c(=O)[nH]c(=O)c2[nH]c(Cc3ccccc3)nc21. The lowest BCUT2D eigenvalue weighted by Gasteiger charge is -2.02. The number of aryl methyl sites for hydroxylation is 1. The molecule has 0 aliphatic rings. The van der Waals surface area contributed by atoms with Gasteiger partial charge < -0.3 is 4.98 Å². The first-order chi connectivity index (χ1) is 10.2. The molecule has 0 radical (unpaired) electrons. The van der Waals surface area contributed by atoms with E-state index in [2.05, 4.69) is 15.0 Å². The van der Waals surface area contributed by atoms with Gasteiger partial charge in [-0.25, -0.2) is 9.78 Å². The van der Waals surface area contributed by atoms with E-state index in [1.54, 1.807) is 0 Å². The normalized spacial score (nSPS) is 11.1. The second kappa shape index (κ2) is 5.40. The summed E-state index contributed by atoms with van der Waals surface area (Å²) in [4.78, 5) is 33.5. The first-order valence-corrected chi connectivity index (χ1v) is 6.94. The lowest BCUT2D eigenvalue weighted by molar-refractivity contribution is 0.652. The summed E-state index contributed by atoms with van der Waals surface area (Å²) in [7, 11) is 0. The van der Waals surface area contributed by atoms with Crippen LogP contribution in [0.5, 0.6) is 0 Å². The number of benzene rings is 1. The van der Waals surface area contributed by atoms with Crippen LogP contribution in [0.15, 0.2) is 39.9 Å². The van der Waals surface area contributed by atoms with Gasteiger partial charge in [-0.15, -0.1) is 0 Å². The van der Waals surface area contributed by atoms with Crippen LogP contribution < -0.4 is 11.2 Å². The average molecular weight is 284 g/mol. The van der Waals surface area contributed by atoms with Crippen LogP contribution in [0.2, 0.25) is 0 Å². The van der Waals surface area contributed by atoms with Gasteiger partial charge in [0.05, 0.1) is 0 Å². The molecule has 0 amide bonds. The zero-order valence-electron chi connectivity index (χ0n) is 11.7. The van der Waals surface area contributed by atoms with Gasteiger partial charge in [0.25, 0.3) is 5.56 Å². The summed E-state index contributed by atoms with van der Waals surface area (Å²) in [6.07, 6.45) is 1.39. The van der Waals surface area contributed by atoms with Gasteiger partial charge in [-0.05, 0) is 12.0 Å². The van der Waals surface area contributed by atoms with Crippen molar-refractivity contribution in [3.8, 4) is 0 Å². The molecule has 3 aromatic rings. The lowest BCUT2D eigenvalue weighted by Crippen LogP contribution is -2.30. The summed E-state index contributed by atoms with van der Waals surface area (Å²) < 4.78 is 1.50. The number of fused-ring (bicyclic) bond motifs is 1. The smallest absolute Gasteiger partial charge is 0.330 e. The number of H-pyrrole nitrogens is 2. The Balaban J connectivity index is 2.11. The molecule has 2 heterocycles. The third kappa shape index (κ3) is 2.52. The van der Waals surface area contributed by atoms with Crippen LogP contribution in [-0.4, -0.2) is 19.5 Å². The van der Waals surface area contributed by atoms with Gasteiger partial charge in [-0.3, -0.25) is 14.3 Å². The fourth-order valence-corrected chi connectivity index (χ4v) is 2.39. The van der Waals surface area contributed by atoms with Gasteiger partial charge in [0.15, 0.2) is 5.65 Å². The second-order valence-electron chi connectivity index (χ2n) is 4.96. The summed E-state index contributed by atoms with van der Waals surface area (Å²) in [5, 5.41) is 0. The first kappa shape index (κ1) is 13.4. The predicted octanol–water partition coefficient (Wildman–Crippen LogP) is 1.41. The number of aromatic amines is 2. The van der Waals surface area contributed by atoms with Gasteiger partial charge in [-0.1, -0.05) is 37.3 Å². The molecular formula is C15H16N4O2. The van der Waals surface area contributed by atoms with Crippen LogP contribution in [0, 0.1) is 0 Å². The molecule has 2 N–H and O–H groups in total. The van der Waals surface area contributed by atoms with E-state index >= 15 is 0 Å². The van der Waals surface area contributed by atoms with Crippen LogP contribution in [-0.2, 0) is 13.0 Å². The van der Waals surface area contributed by atoms with Crippen molar-refractivity contribution in [2.24, 2.45) is 0 Å². The van der Waals surface area contributed by atoms with Crippen molar-refractivity contribution < 1.29 is 0 Å². The van der Waals surface area contributed by atoms with Crippen molar-refractivity contribution in [2.75, 3.05) is 0 Å². The fourth-order valence-electron chi connectivity index (χ4n) is 2.39. The molecule has 0 bridgehead atoms. The molecule has 6 heteroatoms. The quantitative estimate of drug-likeness (QED) is 0.760. The van der Waals surface area contributed by atoms with Gasteiger partial charge >= 0.3 is 5.69 Å². The predicted molar refractivity (Wildman–Crippen MR) is 80.5 cm³/mol. The Morgan fingerprint density at radius 3 is 2.62 bits per heavy atom. The van der Waals surface area contributed by atoms with Crippen molar-refractivity contribution in [1.82, 2.24) is 19.5 Å². The molecule has 2 aromatic heterocycles. The topological polar surface area (TPSA) is 83.5 Å². The summed E-state index contributed by atoms with van der Waals surface area (Å²) >= 11 is 0. The highest BCUT2D eigenvalue weighted by molar-refractivity contribution is 5.69. The summed E-state index contributed by atoms with van der Waals surface area (Å²) in [5.41, 5.74) is 1.05. The number of hydrogen-bond acceptors (Lipinski definition) is 3. The maximum absolute atomic E-state index is 11.9. The molecule has 1 aromatic carbocycles. The number of rotatable bonds is 4. The molecule has 0 saturated heterocycles. The highest BCUT2D eigenvalue weighted by Gasteiger charge is 2.12. The van der Waals surface area contributed by atoms with Gasteiger partial charge in [0, 0.05) is 13.0 Å². The Hall–Kier alpha value is -2.63. The maximum Gasteiger partial charge on any atom is 0.330 e. The van der Waals surface area contributed by atoms with Gasteiger partial charge in [0.2, 0.25) is 0 Å².